The van der Waals surface area contributed by atoms with Crippen molar-refractivity contribution in [1.29, 1.82) is 0 Å². The lowest BCUT2D eigenvalue weighted by molar-refractivity contribution is -0.672. The molecule has 170 valence electrons. The zero-order valence-electron chi connectivity index (χ0n) is 23.5. The number of furan rings is 1. The first-order valence-electron chi connectivity index (χ1n) is 14.7. The summed E-state index contributed by atoms with van der Waals surface area (Å²) in [5, 5.41) is 6.90. The topological polar surface area (TPSA) is 17.0 Å². The van der Waals surface area contributed by atoms with Crippen LogP contribution >= 0.6 is 0 Å². The predicted octanol–water partition coefficient (Wildman–Crippen LogP) is 8.56. The second-order valence-corrected chi connectivity index (χ2v) is 10.2. The van der Waals surface area contributed by atoms with Crippen LogP contribution in [0.2, 0.25) is 0 Å². The van der Waals surface area contributed by atoms with E-state index in [2.05, 4.69) is 60.7 Å². The molecule has 1 saturated carbocycles. The third-order valence-electron chi connectivity index (χ3n) is 8.19. The van der Waals surface area contributed by atoms with Crippen molar-refractivity contribution in [3.63, 3.8) is 0 Å². The van der Waals surface area contributed by atoms with Crippen LogP contribution in [-0.2, 0) is 6.54 Å². The predicted molar refractivity (Wildman–Crippen MR) is 144 cm³/mol. The molecule has 0 bridgehead atoms. The van der Waals surface area contributed by atoms with E-state index in [1.807, 2.05) is 10.6 Å². The second-order valence-electron chi connectivity index (χ2n) is 10.2. The Labute approximate surface area is 210 Å². The van der Waals surface area contributed by atoms with Gasteiger partial charge in [0.05, 0.1) is 5.56 Å². The van der Waals surface area contributed by atoms with E-state index >= 15 is 0 Å². The molecule has 3 heterocycles. The van der Waals surface area contributed by atoms with Crippen LogP contribution in [0.5, 0.6) is 0 Å². The van der Waals surface area contributed by atoms with Crippen molar-refractivity contribution in [3.8, 4) is 11.3 Å². The van der Waals surface area contributed by atoms with Gasteiger partial charge in [-0.25, -0.2) is 0 Å². The van der Waals surface area contributed by atoms with E-state index in [1.54, 1.807) is 6.20 Å². The summed E-state index contributed by atoms with van der Waals surface area (Å²) in [6.45, 7) is -1.67. The van der Waals surface area contributed by atoms with Gasteiger partial charge in [0.2, 0.25) is 5.69 Å². The number of hydrogen-bond donors (Lipinski definition) is 0. The Bertz CT molecular complexity index is 1980. The maximum atomic E-state index is 9.35. The van der Waals surface area contributed by atoms with Gasteiger partial charge >= 0.3 is 0 Å². The number of pyridine rings is 1. The van der Waals surface area contributed by atoms with E-state index in [0.717, 1.165) is 58.0 Å². The molecule has 2 aromatic heterocycles. The molecule has 0 amide bonds. The van der Waals surface area contributed by atoms with Gasteiger partial charge in [-0.2, -0.15) is 4.57 Å². The highest BCUT2D eigenvalue weighted by molar-refractivity contribution is 6.17. The van der Waals surface area contributed by atoms with Gasteiger partial charge in [0.15, 0.2) is 12.7 Å². The number of nitrogens with zero attached hydrogens (tertiary/aromatic N) is 1. The van der Waals surface area contributed by atoms with Crippen molar-refractivity contribution >= 4 is 43.5 Å². The van der Waals surface area contributed by atoms with E-state index in [0.29, 0.717) is 30.5 Å². The Kier molecular flexibility index (Phi) is 3.30. The third kappa shape index (κ3) is 2.80. The number of hydrogen-bond acceptors (Lipinski definition) is 1. The minimum absolute atomic E-state index is 0.315. The molecule has 35 heavy (non-hydrogen) atoms. The SMILES string of the molecule is [2H]C([2H])([2H])c1c[n+]2c(cc1C1([2H])CCCCC1)-c1c(ccc3c1oc1cc4c(ccc5ccccc54)cc13)C2. The Morgan fingerprint density at radius 2 is 1.74 bits per heavy atom. The normalized spacial score (nSPS) is 18.9. The van der Waals surface area contributed by atoms with Gasteiger partial charge in [0.1, 0.15) is 11.2 Å². The van der Waals surface area contributed by atoms with E-state index in [1.165, 1.54) is 21.5 Å². The first kappa shape index (κ1) is 16.1. The highest BCUT2D eigenvalue weighted by atomic mass is 16.3. The standard InChI is InChI=1S/C33H28NO/c1-20-18-34-19-24-13-14-26-29-15-23-12-11-22-9-5-6-10-25(22)28(23)17-31(29)35-33(26)32(24)30(34)16-27(20)21-7-3-2-4-8-21/h5-6,9-18,21H,2-4,7-8,19H2,1H3/q+1/i1D3,21D. The van der Waals surface area contributed by atoms with Gasteiger partial charge in [-0.05, 0) is 70.9 Å². The van der Waals surface area contributed by atoms with Crippen LogP contribution in [0, 0.1) is 6.85 Å². The number of benzene rings is 4. The summed E-state index contributed by atoms with van der Waals surface area (Å²) in [7, 11) is 0. The lowest BCUT2D eigenvalue weighted by Crippen LogP contribution is -2.33. The molecule has 0 N–H and O–H groups in total. The van der Waals surface area contributed by atoms with Crippen molar-refractivity contribution in [1.82, 2.24) is 0 Å². The van der Waals surface area contributed by atoms with Gasteiger partial charge in [-0.1, -0.05) is 61.7 Å². The number of aromatic nitrogens is 1. The van der Waals surface area contributed by atoms with Gasteiger partial charge in [-0.3, -0.25) is 0 Å². The van der Waals surface area contributed by atoms with Crippen LogP contribution in [0.3, 0.4) is 0 Å². The summed E-state index contributed by atoms with van der Waals surface area (Å²) in [6.07, 6.45) is 6.21. The van der Waals surface area contributed by atoms with Gasteiger partial charge in [-0.15, -0.1) is 0 Å². The molecule has 1 aliphatic heterocycles. The Morgan fingerprint density at radius 3 is 2.66 bits per heavy atom. The highest BCUT2D eigenvalue weighted by Crippen LogP contribution is 2.43. The third-order valence-corrected chi connectivity index (χ3v) is 8.19. The maximum Gasteiger partial charge on any atom is 0.217 e. The number of fused-ring (bicyclic) bond motifs is 10. The lowest BCUT2D eigenvalue weighted by atomic mass is 9.82. The van der Waals surface area contributed by atoms with Crippen LogP contribution in [0.15, 0.2) is 77.3 Å². The number of aryl methyl sites for hydroxylation is 1. The minimum Gasteiger partial charge on any atom is -0.455 e. The smallest absolute Gasteiger partial charge is 0.217 e. The molecular formula is C33H28NO+. The zero-order valence-corrected chi connectivity index (χ0v) is 19.5. The highest BCUT2D eigenvalue weighted by Gasteiger charge is 2.33. The fraction of sp³-hybridized carbons (Fsp3) is 0.242. The average Bonchev–Trinajstić information content (AvgIpc) is 3.48. The summed E-state index contributed by atoms with van der Waals surface area (Å²) in [5.41, 5.74) is 5.75. The first-order valence-corrected chi connectivity index (χ1v) is 12.7. The molecule has 4 aromatic carbocycles. The molecule has 8 rings (SSSR count). The summed E-state index contributed by atoms with van der Waals surface area (Å²) in [5.74, 6) is -0.874. The zero-order chi connectivity index (χ0) is 26.5. The summed E-state index contributed by atoms with van der Waals surface area (Å²) in [4.78, 5) is 0. The van der Waals surface area contributed by atoms with E-state index < -0.39 is 12.7 Å². The Hall–Kier alpha value is -3.65. The molecule has 2 heteroatoms. The van der Waals surface area contributed by atoms with Crippen molar-refractivity contribution in [2.75, 3.05) is 0 Å². The Balaban J connectivity index is 1.39. The molecule has 0 saturated heterocycles. The van der Waals surface area contributed by atoms with Crippen LogP contribution in [0.25, 0.3) is 54.7 Å². The van der Waals surface area contributed by atoms with Crippen LogP contribution in [0.1, 0.15) is 60.2 Å². The van der Waals surface area contributed by atoms with E-state index in [-0.39, 0.29) is 0 Å². The van der Waals surface area contributed by atoms with Crippen molar-refractivity contribution in [2.45, 2.75) is 51.4 Å². The summed E-state index contributed by atoms with van der Waals surface area (Å²) in [6, 6.07) is 23.4. The first-order chi connectivity index (χ1) is 18.8. The molecule has 1 fully saturated rings. The van der Waals surface area contributed by atoms with Crippen molar-refractivity contribution in [2.24, 2.45) is 0 Å². The van der Waals surface area contributed by atoms with Crippen LogP contribution in [-0.4, -0.2) is 0 Å². The monoisotopic (exact) mass is 458 g/mol. The number of rotatable bonds is 1. The van der Waals surface area contributed by atoms with E-state index in [9.17, 15) is 1.37 Å². The Morgan fingerprint density at radius 1 is 0.857 bits per heavy atom. The molecule has 6 aromatic rings. The maximum absolute atomic E-state index is 9.35. The average molecular weight is 459 g/mol. The largest absolute Gasteiger partial charge is 0.455 e. The molecular weight excluding hydrogens is 426 g/mol. The molecule has 0 unspecified atom stereocenters. The lowest BCUT2D eigenvalue weighted by Gasteiger charge is -2.23. The van der Waals surface area contributed by atoms with Crippen molar-refractivity contribution < 1.29 is 14.5 Å². The molecule has 0 spiro atoms. The van der Waals surface area contributed by atoms with Gasteiger partial charge in [0, 0.05) is 33.4 Å². The molecule has 2 nitrogen and oxygen atoms in total. The molecule has 1 aliphatic carbocycles. The second kappa shape index (κ2) is 7.18. The van der Waals surface area contributed by atoms with Crippen LogP contribution in [0.4, 0.5) is 0 Å². The van der Waals surface area contributed by atoms with E-state index in [4.69, 9.17) is 8.53 Å². The fourth-order valence-corrected chi connectivity index (χ4v) is 6.46. The van der Waals surface area contributed by atoms with Gasteiger partial charge in [0.25, 0.3) is 0 Å². The van der Waals surface area contributed by atoms with Crippen LogP contribution < -0.4 is 4.57 Å². The van der Waals surface area contributed by atoms with Gasteiger partial charge < -0.3 is 4.42 Å². The van der Waals surface area contributed by atoms with Crippen molar-refractivity contribution in [3.05, 3.63) is 89.6 Å². The minimum atomic E-state index is -2.27. The molecule has 0 radical (unpaired) electrons. The quantitative estimate of drug-likeness (QED) is 0.178. The summed E-state index contributed by atoms with van der Waals surface area (Å²) >= 11 is 0. The summed E-state index contributed by atoms with van der Waals surface area (Å²) < 4.78 is 42.9. The molecule has 0 atom stereocenters. The molecule has 2 aliphatic rings. The fourth-order valence-electron chi connectivity index (χ4n) is 6.46.